The molecule has 1 atom stereocenters. The largest absolute Gasteiger partial charge is 0.369 e. The number of benzene rings is 1. The highest BCUT2D eigenvalue weighted by Gasteiger charge is 2.27. The molecule has 5 nitrogen and oxygen atoms in total. The van der Waals surface area contributed by atoms with Crippen LogP contribution in [0.25, 0.3) is 10.9 Å². The van der Waals surface area contributed by atoms with Crippen LogP contribution in [0.4, 0.5) is 0 Å². The molecular formula is C15H19BrN4O. The van der Waals surface area contributed by atoms with Crippen molar-refractivity contribution in [2.75, 3.05) is 7.05 Å². The Morgan fingerprint density at radius 1 is 1.43 bits per heavy atom. The molecule has 0 bridgehead atoms. The summed E-state index contributed by atoms with van der Waals surface area (Å²) in [5.41, 5.74) is 7.80. The standard InChI is InChI=1S/C13H13BrN4O.C2H6/c1-18-12(19)5-11(17-13(18)15)9-6-16-10-3-2-7(14)4-8(9)10;1-2/h2-4,6,11,16H,5H2,1H3,(H2,15,17);1-2H3. The number of fused-ring (bicyclic) bond motifs is 1. The fourth-order valence-corrected chi connectivity index (χ4v) is 2.65. The number of H-pyrrole nitrogens is 1. The first kappa shape index (κ1) is 15.6. The van der Waals surface area contributed by atoms with E-state index < -0.39 is 0 Å². The molecule has 1 aromatic carbocycles. The number of hydrogen-bond acceptors (Lipinski definition) is 3. The van der Waals surface area contributed by atoms with Crippen LogP contribution in [0.5, 0.6) is 0 Å². The molecule has 0 saturated carbocycles. The number of carbonyl (C=O) groups excluding carboxylic acids is 1. The molecule has 0 saturated heterocycles. The summed E-state index contributed by atoms with van der Waals surface area (Å²) < 4.78 is 0.997. The summed E-state index contributed by atoms with van der Waals surface area (Å²) in [6.07, 6.45) is 2.24. The number of nitrogens with one attached hydrogen (secondary N) is 1. The lowest BCUT2D eigenvalue weighted by atomic mass is 10.0. The van der Waals surface area contributed by atoms with Gasteiger partial charge < -0.3 is 10.7 Å². The van der Waals surface area contributed by atoms with Gasteiger partial charge in [0.05, 0.1) is 12.5 Å². The van der Waals surface area contributed by atoms with Gasteiger partial charge in [-0.1, -0.05) is 29.8 Å². The monoisotopic (exact) mass is 350 g/mol. The number of nitrogens with two attached hydrogens (primary N) is 1. The third-order valence-corrected chi connectivity index (χ3v) is 3.90. The maximum absolute atomic E-state index is 11.9. The zero-order valence-electron chi connectivity index (χ0n) is 12.4. The van der Waals surface area contributed by atoms with Crippen LogP contribution in [0.2, 0.25) is 0 Å². The lowest BCUT2D eigenvalue weighted by Crippen LogP contribution is -2.42. The van der Waals surface area contributed by atoms with E-state index in [4.69, 9.17) is 5.73 Å². The van der Waals surface area contributed by atoms with Crippen LogP contribution in [0.15, 0.2) is 33.9 Å². The number of aliphatic imine (C=N–C) groups is 1. The molecule has 6 heteroatoms. The van der Waals surface area contributed by atoms with Crippen LogP contribution in [0.1, 0.15) is 31.9 Å². The molecule has 112 valence electrons. The van der Waals surface area contributed by atoms with Gasteiger partial charge in [-0.25, -0.2) is 4.99 Å². The van der Waals surface area contributed by atoms with Crippen LogP contribution < -0.4 is 5.73 Å². The van der Waals surface area contributed by atoms with Gasteiger partial charge in [0.15, 0.2) is 5.96 Å². The summed E-state index contributed by atoms with van der Waals surface area (Å²) in [4.78, 5) is 20.8. The Hall–Kier alpha value is -1.82. The van der Waals surface area contributed by atoms with E-state index in [1.54, 1.807) is 7.05 Å². The second-order valence-corrected chi connectivity index (χ2v) is 5.51. The molecular weight excluding hydrogens is 332 g/mol. The van der Waals surface area contributed by atoms with Crippen molar-refractivity contribution < 1.29 is 4.79 Å². The van der Waals surface area contributed by atoms with Gasteiger partial charge in [0, 0.05) is 34.2 Å². The van der Waals surface area contributed by atoms with Gasteiger partial charge in [0.25, 0.3) is 0 Å². The average Bonchev–Trinajstić information content (AvgIpc) is 2.89. The molecule has 3 N–H and O–H groups in total. The van der Waals surface area contributed by atoms with Gasteiger partial charge in [0.1, 0.15) is 0 Å². The van der Waals surface area contributed by atoms with E-state index >= 15 is 0 Å². The molecule has 3 rings (SSSR count). The first-order chi connectivity index (χ1) is 10.1. The highest BCUT2D eigenvalue weighted by molar-refractivity contribution is 9.10. The second-order valence-electron chi connectivity index (χ2n) is 4.59. The fraction of sp³-hybridized carbons (Fsp3) is 0.333. The van der Waals surface area contributed by atoms with Crippen LogP contribution in [-0.4, -0.2) is 28.8 Å². The normalized spacial score (nSPS) is 18.3. The minimum Gasteiger partial charge on any atom is -0.369 e. The van der Waals surface area contributed by atoms with Gasteiger partial charge in [-0.15, -0.1) is 0 Å². The van der Waals surface area contributed by atoms with Crippen molar-refractivity contribution in [3.8, 4) is 0 Å². The van der Waals surface area contributed by atoms with Gasteiger partial charge in [-0.3, -0.25) is 9.69 Å². The fourth-order valence-electron chi connectivity index (χ4n) is 2.29. The van der Waals surface area contributed by atoms with E-state index in [-0.39, 0.29) is 17.9 Å². The number of rotatable bonds is 1. The lowest BCUT2D eigenvalue weighted by Gasteiger charge is -2.25. The predicted molar refractivity (Wildman–Crippen MR) is 89.1 cm³/mol. The van der Waals surface area contributed by atoms with Gasteiger partial charge in [0.2, 0.25) is 5.91 Å². The van der Waals surface area contributed by atoms with Crippen molar-refractivity contribution in [2.45, 2.75) is 26.3 Å². The number of guanidine groups is 1. The molecule has 1 aliphatic heterocycles. The smallest absolute Gasteiger partial charge is 0.231 e. The second kappa shape index (κ2) is 6.30. The third-order valence-electron chi connectivity index (χ3n) is 3.41. The molecule has 0 spiro atoms. The van der Waals surface area contributed by atoms with Crippen LogP contribution in [0, 0.1) is 0 Å². The predicted octanol–water partition coefficient (Wildman–Crippen LogP) is 3.17. The Morgan fingerprint density at radius 3 is 2.81 bits per heavy atom. The van der Waals surface area contributed by atoms with Crippen molar-refractivity contribution in [1.82, 2.24) is 9.88 Å². The Balaban J connectivity index is 0.000000774. The third kappa shape index (κ3) is 2.95. The minimum atomic E-state index is -0.216. The number of amides is 1. The number of aromatic nitrogens is 1. The number of halogens is 1. The molecule has 1 amide bonds. The molecule has 0 fully saturated rings. The quantitative estimate of drug-likeness (QED) is 0.828. The summed E-state index contributed by atoms with van der Waals surface area (Å²) in [5, 5.41) is 1.06. The lowest BCUT2D eigenvalue weighted by molar-refractivity contribution is -0.127. The van der Waals surface area contributed by atoms with Crippen molar-refractivity contribution in [3.05, 3.63) is 34.4 Å². The minimum absolute atomic E-state index is 0.0122. The molecule has 0 aliphatic carbocycles. The van der Waals surface area contributed by atoms with Gasteiger partial charge >= 0.3 is 0 Å². The highest BCUT2D eigenvalue weighted by atomic mass is 79.9. The summed E-state index contributed by atoms with van der Waals surface area (Å²) in [5.74, 6) is 0.257. The van der Waals surface area contributed by atoms with E-state index in [0.717, 1.165) is 20.9 Å². The Morgan fingerprint density at radius 2 is 2.14 bits per heavy atom. The first-order valence-corrected chi connectivity index (χ1v) is 7.72. The summed E-state index contributed by atoms with van der Waals surface area (Å²) in [6, 6.07) is 5.77. The van der Waals surface area contributed by atoms with Crippen molar-refractivity contribution in [2.24, 2.45) is 10.7 Å². The SMILES string of the molecule is CC.CN1C(=O)CC(c2c[nH]c3ccc(Br)cc23)N=C1N. The zero-order chi connectivity index (χ0) is 15.6. The number of carbonyl (C=O) groups is 1. The van der Waals surface area contributed by atoms with Crippen LogP contribution in [-0.2, 0) is 4.79 Å². The Bertz CT molecular complexity index is 692. The van der Waals surface area contributed by atoms with Crippen LogP contribution in [0.3, 0.4) is 0 Å². The van der Waals surface area contributed by atoms with E-state index in [9.17, 15) is 4.79 Å². The number of aromatic amines is 1. The molecule has 2 aromatic rings. The zero-order valence-corrected chi connectivity index (χ0v) is 13.9. The molecule has 1 unspecified atom stereocenters. The van der Waals surface area contributed by atoms with Gasteiger partial charge in [-0.2, -0.15) is 0 Å². The molecule has 0 radical (unpaired) electrons. The van der Waals surface area contributed by atoms with Crippen molar-refractivity contribution >= 4 is 38.7 Å². The number of hydrogen-bond donors (Lipinski definition) is 2. The van der Waals surface area contributed by atoms with E-state index in [1.165, 1.54) is 4.90 Å². The van der Waals surface area contributed by atoms with E-state index in [0.29, 0.717) is 6.42 Å². The van der Waals surface area contributed by atoms with Crippen molar-refractivity contribution in [1.29, 1.82) is 0 Å². The van der Waals surface area contributed by atoms with Crippen molar-refractivity contribution in [3.63, 3.8) is 0 Å². The first-order valence-electron chi connectivity index (χ1n) is 6.92. The summed E-state index contributed by atoms with van der Waals surface area (Å²) in [7, 11) is 1.64. The molecule has 2 heterocycles. The number of nitrogens with zero attached hydrogens (tertiary/aromatic N) is 2. The molecule has 1 aliphatic rings. The van der Waals surface area contributed by atoms with E-state index in [2.05, 4.69) is 25.9 Å². The Kier molecular flexibility index (Phi) is 4.67. The van der Waals surface area contributed by atoms with Crippen LogP contribution >= 0.6 is 15.9 Å². The highest BCUT2D eigenvalue weighted by Crippen LogP contribution is 2.32. The van der Waals surface area contributed by atoms with Gasteiger partial charge in [-0.05, 0) is 18.2 Å². The Labute approximate surface area is 132 Å². The maximum Gasteiger partial charge on any atom is 0.231 e. The summed E-state index contributed by atoms with van der Waals surface area (Å²) in [6.45, 7) is 4.00. The topological polar surface area (TPSA) is 74.5 Å². The molecule has 21 heavy (non-hydrogen) atoms. The molecule has 1 aromatic heterocycles. The van der Waals surface area contributed by atoms with E-state index in [1.807, 2.05) is 38.2 Å². The average molecular weight is 351 g/mol. The summed E-state index contributed by atoms with van der Waals surface area (Å²) >= 11 is 3.46. The maximum atomic E-state index is 11.9.